The maximum atomic E-state index is 11.7. The lowest BCUT2D eigenvalue weighted by Crippen LogP contribution is -2.39. The fourth-order valence-corrected chi connectivity index (χ4v) is 3.84. The van der Waals surface area contributed by atoms with Gasteiger partial charge in [0, 0.05) is 19.0 Å². The molecule has 1 aromatic heterocycles. The van der Waals surface area contributed by atoms with Crippen molar-refractivity contribution < 1.29 is 8.42 Å². The van der Waals surface area contributed by atoms with Gasteiger partial charge in [-0.2, -0.15) is 5.10 Å². The molecule has 1 aromatic carbocycles. The zero-order valence-electron chi connectivity index (χ0n) is 10.1. The molecule has 1 atom stereocenters. The smallest absolute Gasteiger partial charge is 0.153 e. The van der Waals surface area contributed by atoms with E-state index in [0.717, 1.165) is 16.6 Å². The number of benzene rings is 1. The van der Waals surface area contributed by atoms with Crippen LogP contribution in [0.1, 0.15) is 11.7 Å². The molecule has 6 heteroatoms. The molecule has 5 nitrogen and oxygen atoms in total. The van der Waals surface area contributed by atoms with Crippen molar-refractivity contribution in [1.29, 1.82) is 0 Å². The lowest BCUT2D eigenvalue weighted by molar-refractivity contribution is 0.521. The number of nitrogens with one attached hydrogen (secondary N) is 1. The van der Waals surface area contributed by atoms with Gasteiger partial charge in [0.25, 0.3) is 0 Å². The van der Waals surface area contributed by atoms with Crippen LogP contribution in [0.3, 0.4) is 0 Å². The first-order valence-electron chi connectivity index (χ1n) is 5.92. The van der Waals surface area contributed by atoms with Crippen LogP contribution in [-0.2, 0) is 16.9 Å². The average molecular weight is 265 g/mol. The number of aryl methyl sites for hydroxylation is 1. The summed E-state index contributed by atoms with van der Waals surface area (Å²) < 4.78 is 25.2. The summed E-state index contributed by atoms with van der Waals surface area (Å²) in [5, 5.41) is 8.73. The Bertz CT molecular complexity index is 690. The second-order valence-corrected chi connectivity index (χ2v) is 6.88. The van der Waals surface area contributed by atoms with Gasteiger partial charge in [-0.25, -0.2) is 8.42 Å². The Kier molecular flexibility index (Phi) is 2.64. The molecule has 96 valence electrons. The quantitative estimate of drug-likeness (QED) is 0.821. The molecule has 2 heterocycles. The van der Waals surface area contributed by atoms with Gasteiger partial charge < -0.3 is 5.32 Å². The van der Waals surface area contributed by atoms with E-state index in [1.807, 2.05) is 31.3 Å². The molecular weight excluding hydrogens is 250 g/mol. The van der Waals surface area contributed by atoms with Crippen LogP contribution in [0.25, 0.3) is 10.9 Å². The molecule has 1 fully saturated rings. The summed E-state index contributed by atoms with van der Waals surface area (Å²) in [6.45, 7) is 0.498. The monoisotopic (exact) mass is 265 g/mol. The summed E-state index contributed by atoms with van der Waals surface area (Å²) in [7, 11) is -1.07. The summed E-state index contributed by atoms with van der Waals surface area (Å²) in [5.41, 5.74) is 1.86. The van der Waals surface area contributed by atoms with Gasteiger partial charge >= 0.3 is 0 Å². The van der Waals surface area contributed by atoms with E-state index in [4.69, 9.17) is 0 Å². The molecule has 1 unspecified atom stereocenters. The van der Waals surface area contributed by atoms with E-state index in [9.17, 15) is 8.42 Å². The second kappa shape index (κ2) is 4.07. The molecule has 0 saturated carbocycles. The highest BCUT2D eigenvalue weighted by Gasteiger charge is 2.28. The van der Waals surface area contributed by atoms with E-state index in [1.54, 1.807) is 4.68 Å². The van der Waals surface area contributed by atoms with Crippen molar-refractivity contribution in [3.63, 3.8) is 0 Å². The molecule has 1 N–H and O–H groups in total. The molecule has 0 bridgehead atoms. The van der Waals surface area contributed by atoms with Crippen molar-refractivity contribution in [2.45, 2.75) is 6.04 Å². The SMILES string of the molecule is Cn1nc(C2CS(=O)(=O)CCN2)c2ccccc21. The van der Waals surface area contributed by atoms with Crippen molar-refractivity contribution in [3.8, 4) is 0 Å². The summed E-state index contributed by atoms with van der Waals surface area (Å²) in [5.74, 6) is 0.349. The van der Waals surface area contributed by atoms with Gasteiger partial charge in [-0.05, 0) is 6.07 Å². The topological polar surface area (TPSA) is 64.0 Å². The molecule has 18 heavy (non-hydrogen) atoms. The Morgan fingerprint density at radius 1 is 1.39 bits per heavy atom. The first kappa shape index (κ1) is 11.7. The molecule has 0 spiro atoms. The van der Waals surface area contributed by atoms with Crippen LogP contribution >= 0.6 is 0 Å². The van der Waals surface area contributed by atoms with Crippen LogP contribution in [0.2, 0.25) is 0 Å². The second-order valence-electron chi connectivity index (χ2n) is 4.65. The zero-order chi connectivity index (χ0) is 12.8. The number of para-hydroxylation sites is 1. The molecule has 1 aliphatic rings. The molecule has 0 radical (unpaired) electrons. The Balaban J connectivity index is 2.09. The molecular formula is C12H15N3O2S. The Labute approximate surface area is 106 Å². The number of aromatic nitrogens is 2. The van der Waals surface area contributed by atoms with Crippen LogP contribution in [0.15, 0.2) is 24.3 Å². The van der Waals surface area contributed by atoms with Gasteiger partial charge in [0.1, 0.15) is 0 Å². The highest BCUT2D eigenvalue weighted by molar-refractivity contribution is 7.91. The van der Waals surface area contributed by atoms with Gasteiger partial charge in [0.05, 0.1) is 28.8 Å². The van der Waals surface area contributed by atoms with Gasteiger partial charge in [0.15, 0.2) is 9.84 Å². The van der Waals surface area contributed by atoms with Crippen LogP contribution < -0.4 is 5.32 Å². The normalized spacial score (nSPS) is 23.3. The zero-order valence-corrected chi connectivity index (χ0v) is 10.9. The van der Waals surface area contributed by atoms with Gasteiger partial charge in [-0.15, -0.1) is 0 Å². The minimum atomic E-state index is -2.95. The molecule has 2 aromatic rings. The summed E-state index contributed by atoms with van der Waals surface area (Å²) in [6, 6.07) is 7.68. The fraction of sp³-hybridized carbons (Fsp3) is 0.417. The van der Waals surface area contributed by atoms with Crippen LogP contribution in [0.4, 0.5) is 0 Å². The number of hydrogen-bond acceptors (Lipinski definition) is 4. The fourth-order valence-electron chi connectivity index (χ4n) is 2.46. The average Bonchev–Trinajstić information content (AvgIpc) is 2.66. The highest BCUT2D eigenvalue weighted by atomic mass is 32.2. The van der Waals surface area contributed by atoms with Crippen molar-refractivity contribution >= 4 is 20.7 Å². The van der Waals surface area contributed by atoms with E-state index >= 15 is 0 Å². The molecule has 0 amide bonds. The number of hydrogen-bond donors (Lipinski definition) is 1. The van der Waals surface area contributed by atoms with Gasteiger partial charge in [-0.1, -0.05) is 18.2 Å². The molecule has 0 aliphatic carbocycles. The number of nitrogens with zero attached hydrogens (tertiary/aromatic N) is 2. The third-order valence-electron chi connectivity index (χ3n) is 3.34. The third kappa shape index (κ3) is 1.91. The van der Waals surface area contributed by atoms with E-state index in [-0.39, 0.29) is 17.5 Å². The van der Waals surface area contributed by atoms with Gasteiger partial charge in [-0.3, -0.25) is 4.68 Å². The van der Waals surface area contributed by atoms with Crippen LogP contribution in [0.5, 0.6) is 0 Å². The first-order valence-corrected chi connectivity index (χ1v) is 7.74. The molecule has 1 saturated heterocycles. The summed E-state index contributed by atoms with van der Waals surface area (Å²) >= 11 is 0. The molecule has 3 rings (SSSR count). The third-order valence-corrected chi connectivity index (χ3v) is 5.01. The van der Waals surface area contributed by atoms with Crippen molar-refractivity contribution in [1.82, 2.24) is 15.1 Å². The summed E-state index contributed by atoms with van der Waals surface area (Å²) in [4.78, 5) is 0. The maximum Gasteiger partial charge on any atom is 0.153 e. The number of rotatable bonds is 1. The largest absolute Gasteiger partial charge is 0.307 e. The summed E-state index contributed by atoms with van der Waals surface area (Å²) in [6.07, 6.45) is 0. The van der Waals surface area contributed by atoms with Crippen molar-refractivity contribution in [2.24, 2.45) is 7.05 Å². The minimum Gasteiger partial charge on any atom is -0.307 e. The maximum absolute atomic E-state index is 11.7. The predicted octanol–water partition coefficient (Wildman–Crippen LogP) is 0.632. The van der Waals surface area contributed by atoms with E-state index < -0.39 is 9.84 Å². The van der Waals surface area contributed by atoms with Crippen LogP contribution in [-0.4, -0.2) is 36.2 Å². The highest BCUT2D eigenvalue weighted by Crippen LogP contribution is 2.25. The Morgan fingerprint density at radius 2 is 2.17 bits per heavy atom. The molecule has 1 aliphatic heterocycles. The predicted molar refractivity (Wildman–Crippen MR) is 70.1 cm³/mol. The Morgan fingerprint density at radius 3 is 2.94 bits per heavy atom. The number of fused-ring (bicyclic) bond motifs is 1. The number of sulfone groups is 1. The minimum absolute atomic E-state index is 0.133. The van der Waals surface area contributed by atoms with E-state index in [1.165, 1.54) is 0 Å². The van der Waals surface area contributed by atoms with Crippen molar-refractivity contribution in [2.75, 3.05) is 18.1 Å². The lowest BCUT2D eigenvalue weighted by atomic mass is 10.1. The van der Waals surface area contributed by atoms with Crippen LogP contribution in [0, 0.1) is 0 Å². The Hall–Kier alpha value is -1.40. The first-order chi connectivity index (χ1) is 8.57. The van der Waals surface area contributed by atoms with Crippen molar-refractivity contribution in [3.05, 3.63) is 30.0 Å². The lowest BCUT2D eigenvalue weighted by Gasteiger charge is -2.22. The van der Waals surface area contributed by atoms with E-state index in [0.29, 0.717) is 6.54 Å². The standard InChI is InChI=1S/C12H15N3O2S/c1-15-11-5-3-2-4-9(11)12(14-15)10-8-18(16,17)7-6-13-10/h2-5,10,13H,6-8H2,1H3. The van der Waals surface area contributed by atoms with Gasteiger partial charge in [0.2, 0.25) is 0 Å². The van der Waals surface area contributed by atoms with E-state index in [2.05, 4.69) is 10.4 Å².